The predicted molar refractivity (Wildman–Crippen MR) is 92.8 cm³/mol. The zero-order valence-corrected chi connectivity index (χ0v) is 14.2. The maximum absolute atomic E-state index is 11.2. The largest absolute Gasteiger partial charge is 0.478 e. The average Bonchev–Trinajstić information content (AvgIpc) is 2.62. The van der Waals surface area contributed by atoms with Gasteiger partial charge in [0.1, 0.15) is 6.10 Å². The van der Waals surface area contributed by atoms with E-state index in [0.717, 1.165) is 16.7 Å². The lowest BCUT2D eigenvalue weighted by atomic mass is 9.98. The van der Waals surface area contributed by atoms with Crippen molar-refractivity contribution in [2.75, 3.05) is 20.3 Å². The number of hydrogen-bond acceptors (Lipinski definition) is 4. The molecular formula is C19H21NO5. The summed E-state index contributed by atoms with van der Waals surface area (Å²) in [4.78, 5) is 22.3. The van der Waals surface area contributed by atoms with Crippen molar-refractivity contribution in [3.8, 4) is 0 Å². The molecule has 0 spiro atoms. The number of nitrogens with one attached hydrogen (secondary N) is 1. The topological polar surface area (TPSA) is 84.9 Å². The van der Waals surface area contributed by atoms with Crippen molar-refractivity contribution in [3.05, 3.63) is 70.8 Å². The van der Waals surface area contributed by atoms with E-state index < -0.39 is 18.2 Å². The Morgan fingerprint density at radius 1 is 1.12 bits per heavy atom. The lowest BCUT2D eigenvalue weighted by Gasteiger charge is -2.20. The molecular weight excluding hydrogens is 322 g/mol. The van der Waals surface area contributed by atoms with Gasteiger partial charge in [0.15, 0.2) is 0 Å². The van der Waals surface area contributed by atoms with Crippen LogP contribution in [0, 0.1) is 6.92 Å². The molecule has 6 heteroatoms. The highest BCUT2D eigenvalue weighted by molar-refractivity contribution is 5.87. The first kappa shape index (κ1) is 18.5. The molecule has 1 amide bonds. The van der Waals surface area contributed by atoms with E-state index in [-0.39, 0.29) is 18.7 Å². The molecule has 1 atom stereocenters. The predicted octanol–water partition coefficient (Wildman–Crippen LogP) is 3.16. The standard InChI is InChI=1S/C19H21NO5/c1-13-6-8-14(9-7-13)17(25-11-10-20-19(23)24-2)15-4-3-5-16(12-15)18(21)22/h3-9,12,17H,10-11H2,1-2H3,(H,20,23)(H,21,22). The number of carboxylic acids is 1. The summed E-state index contributed by atoms with van der Waals surface area (Å²) in [5.41, 5.74) is 2.97. The molecule has 0 aliphatic carbocycles. The quantitative estimate of drug-likeness (QED) is 0.754. The smallest absolute Gasteiger partial charge is 0.406 e. The van der Waals surface area contributed by atoms with Crippen LogP contribution in [-0.2, 0) is 9.47 Å². The monoisotopic (exact) mass is 343 g/mol. The van der Waals surface area contributed by atoms with Crippen LogP contribution in [0.25, 0.3) is 0 Å². The first-order valence-electron chi connectivity index (χ1n) is 7.84. The van der Waals surface area contributed by atoms with E-state index in [1.165, 1.54) is 13.2 Å². The lowest BCUT2D eigenvalue weighted by Crippen LogP contribution is -2.27. The number of carbonyl (C=O) groups excluding carboxylic acids is 1. The van der Waals surface area contributed by atoms with E-state index in [2.05, 4.69) is 10.1 Å². The Labute approximate surface area is 146 Å². The second kappa shape index (κ2) is 8.84. The second-order valence-corrected chi connectivity index (χ2v) is 5.51. The van der Waals surface area contributed by atoms with Gasteiger partial charge >= 0.3 is 12.1 Å². The van der Waals surface area contributed by atoms with Gasteiger partial charge in [0, 0.05) is 6.54 Å². The van der Waals surface area contributed by atoms with Gasteiger partial charge in [0.25, 0.3) is 0 Å². The molecule has 0 saturated carbocycles. The van der Waals surface area contributed by atoms with E-state index in [4.69, 9.17) is 4.74 Å². The summed E-state index contributed by atoms with van der Waals surface area (Å²) in [6.45, 7) is 2.53. The molecule has 132 valence electrons. The van der Waals surface area contributed by atoms with Crippen LogP contribution in [0.5, 0.6) is 0 Å². The van der Waals surface area contributed by atoms with E-state index in [9.17, 15) is 14.7 Å². The van der Waals surface area contributed by atoms with Gasteiger partial charge in [-0.2, -0.15) is 0 Å². The number of rotatable bonds is 7. The second-order valence-electron chi connectivity index (χ2n) is 5.51. The van der Waals surface area contributed by atoms with Crippen LogP contribution in [0.3, 0.4) is 0 Å². The summed E-state index contributed by atoms with van der Waals surface area (Å²) < 4.78 is 10.4. The van der Waals surface area contributed by atoms with Crippen molar-refractivity contribution >= 4 is 12.1 Å². The highest BCUT2D eigenvalue weighted by Crippen LogP contribution is 2.27. The highest BCUT2D eigenvalue weighted by Gasteiger charge is 2.16. The number of aryl methyl sites for hydroxylation is 1. The molecule has 2 rings (SSSR count). The number of methoxy groups -OCH3 is 1. The molecule has 1 unspecified atom stereocenters. The molecule has 2 aromatic rings. The third kappa shape index (κ3) is 5.32. The molecule has 0 bridgehead atoms. The number of benzene rings is 2. The van der Waals surface area contributed by atoms with Crippen LogP contribution in [0.2, 0.25) is 0 Å². The Kier molecular flexibility index (Phi) is 6.54. The summed E-state index contributed by atoms with van der Waals surface area (Å²) in [6, 6.07) is 14.5. The fourth-order valence-electron chi connectivity index (χ4n) is 2.36. The molecule has 0 aromatic heterocycles. The van der Waals surface area contributed by atoms with Crippen molar-refractivity contribution in [1.29, 1.82) is 0 Å². The fourth-order valence-corrected chi connectivity index (χ4v) is 2.36. The summed E-state index contributed by atoms with van der Waals surface area (Å²) in [7, 11) is 1.29. The van der Waals surface area contributed by atoms with Gasteiger partial charge < -0.3 is 19.9 Å². The van der Waals surface area contributed by atoms with Crippen molar-refractivity contribution in [3.63, 3.8) is 0 Å². The van der Waals surface area contributed by atoms with Gasteiger partial charge in [0.05, 0.1) is 19.3 Å². The van der Waals surface area contributed by atoms with Crippen LogP contribution < -0.4 is 5.32 Å². The third-order valence-electron chi connectivity index (χ3n) is 3.66. The van der Waals surface area contributed by atoms with Crippen molar-refractivity contribution < 1.29 is 24.2 Å². The minimum absolute atomic E-state index is 0.200. The zero-order chi connectivity index (χ0) is 18.2. The summed E-state index contributed by atoms with van der Waals surface area (Å²) in [5, 5.41) is 11.7. The third-order valence-corrected chi connectivity index (χ3v) is 3.66. The Balaban J connectivity index is 2.20. The minimum atomic E-state index is -0.989. The number of amides is 1. The van der Waals surface area contributed by atoms with Crippen molar-refractivity contribution in [1.82, 2.24) is 5.32 Å². The molecule has 25 heavy (non-hydrogen) atoms. The van der Waals surface area contributed by atoms with Crippen LogP contribution in [0.15, 0.2) is 48.5 Å². The fraction of sp³-hybridized carbons (Fsp3) is 0.263. The molecule has 6 nitrogen and oxygen atoms in total. The molecule has 0 heterocycles. The lowest BCUT2D eigenvalue weighted by molar-refractivity contribution is 0.0693. The van der Waals surface area contributed by atoms with Gasteiger partial charge in [0.2, 0.25) is 0 Å². The molecule has 2 N–H and O–H groups in total. The minimum Gasteiger partial charge on any atom is -0.478 e. The van der Waals surface area contributed by atoms with Gasteiger partial charge in [-0.25, -0.2) is 9.59 Å². The van der Waals surface area contributed by atoms with E-state index in [1.54, 1.807) is 12.1 Å². The molecule has 2 aromatic carbocycles. The number of carboxylic acid groups (broad SMARTS) is 1. The van der Waals surface area contributed by atoms with E-state index >= 15 is 0 Å². The normalized spacial score (nSPS) is 11.6. The Bertz CT molecular complexity index is 727. The van der Waals surface area contributed by atoms with E-state index in [1.807, 2.05) is 37.3 Å². The number of aromatic carboxylic acids is 1. The van der Waals surface area contributed by atoms with Gasteiger partial charge in [-0.05, 0) is 30.2 Å². The zero-order valence-electron chi connectivity index (χ0n) is 14.2. The molecule has 0 saturated heterocycles. The Hall–Kier alpha value is -2.86. The van der Waals surface area contributed by atoms with Crippen LogP contribution >= 0.6 is 0 Å². The average molecular weight is 343 g/mol. The summed E-state index contributed by atoms with van der Waals surface area (Å²) in [6.07, 6.45) is -0.956. The number of alkyl carbamates (subject to hydrolysis) is 1. The maximum Gasteiger partial charge on any atom is 0.406 e. The number of hydrogen-bond donors (Lipinski definition) is 2. The summed E-state index contributed by atoms with van der Waals surface area (Å²) in [5.74, 6) is -0.989. The van der Waals surface area contributed by atoms with Crippen molar-refractivity contribution in [2.45, 2.75) is 13.0 Å². The van der Waals surface area contributed by atoms with Gasteiger partial charge in [-0.3, -0.25) is 0 Å². The Morgan fingerprint density at radius 2 is 1.84 bits per heavy atom. The SMILES string of the molecule is COC(=O)NCCOC(c1ccc(C)cc1)c1cccc(C(=O)O)c1. The van der Waals surface area contributed by atoms with Crippen LogP contribution in [0.4, 0.5) is 4.79 Å². The number of carbonyl (C=O) groups is 2. The van der Waals surface area contributed by atoms with Gasteiger partial charge in [-0.1, -0.05) is 42.0 Å². The molecule has 0 fully saturated rings. The van der Waals surface area contributed by atoms with Crippen LogP contribution in [-0.4, -0.2) is 37.4 Å². The summed E-state index contributed by atoms with van der Waals surface area (Å²) >= 11 is 0. The highest BCUT2D eigenvalue weighted by atomic mass is 16.5. The number of ether oxygens (including phenoxy) is 2. The van der Waals surface area contributed by atoms with E-state index in [0.29, 0.717) is 0 Å². The molecule has 0 aliphatic heterocycles. The molecule has 0 radical (unpaired) electrons. The molecule has 0 aliphatic rings. The first-order chi connectivity index (χ1) is 12.0. The maximum atomic E-state index is 11.2. The van der Waals surface area contributed by atoms with Crippen molar-refractivity contribution in [2.24, 2.45) is 0 Å². The Morgan fingerprint density at radius 3 is 2.48 bits per heavy atom. The van der Waals surface area contributed by atoms with Gasteiger partial charge in [-0.15, -0.1) is 0 Å². The first-order valence-corrected chi connectivity index (χ1v) is 7.84. The van der Waals surface area contributed by atoms with Crippen LogP contribution in [0.1, 0.15) is 33.2 Å².